The molecular weight excluding hydrogens is 206 g/mol. The number of hydrogen-bond acceptors (Lipinski definition) is 3. The van der Waals surface area contributed by atoms with Crippen molar-refractivity contribution in [2.45, 2.75) is 44.6 Å². The Labute approximate surface area is 96.4 Å². The fraction of sp³-hybridized carbons (Fsp3) is 0.727. The van der Waals surface area contributed by atoms with Gasteiger partial charge in [0.15, 0.2) is 0 Å². The molecule has 0 radical (unpaired) electrons. The Morgan fingerprint density at radius 3 is 2.67 bits per heavy atom. The highest BCUT2D eigenvalue weighted by molar-refractivity contribution is 7.99. The quantitative estimate of drug-likeness (QED) is 0.600. The van der Waals surface area contributed by atoms with Crippen LogP contribution in [0, 0.1) is 0 Å². The molecule has 0 unspecified atom stereocenters. The average Bonchev–Trinajstić information content (AvgIpc) is 2.46. The van der Waals surface area contributed by atoms with Crippen LogP contribution in [0.5, 0.6) is 0 Å². The van der Waals surface area contributed by atoms with Gasteiger partial charge in [-0.1, -0.05) is 26.7 Å². The van der Waals surface area contributed by atoms with Crippen LogP contribution in [0.25, 0.3) is 0 Å². The van der Waals surface area contributed by atoms with Gasteiger partial charge < -0.3 is 5.73 Å². The summed E-state index contributed by atoms with van der Waals surface area (Å²) >= 11 is 1.82. The maximum absolute atomic E-state index is 6.07. The fourth-order valence-electron chi connectivity index (χ4n) is 1.48. The van der Waals surface area contributed by atoms with Crippen molar-refractivity contribution in [3.8, 4) is 0 Å². The third kappa shape index (κ3) is 3.16. The molecule has 1 aromatic heterocycles. The van der Waals surface area contributed by atoms with Crippen molar-refractivity contribution in [2.24, 2.45) is 7.05 Å². The number of anilines is 1. The number of thioether (sulfide) groups is 1. The number of rotatable bonds is 6. The lowest BCUT2D eigenvalue weighted by Gasteiger charge is -2.01. The molecule has 2 N–H and O–H groups in total. The first-order valence-electron chi connectivity index (χ1n) is 5.64. The molecule has 15 heavy (non-hydrogen) atoms. The predicted molar refractivity (Wildman–Crippen MR) is 67.2 cm³/mol. The number of aromatic nitrogens is 2. The lowest BCUT2D eigenvalue weighted by Crippen LogP contribution is -1.94. The van der Waals surface area contributed by atoms with Crippen molar-refractivity contribution in [1.29, 1.82) is 0 Å². The van der Waals surface area contributed by atoms with Crippen molar-refractivity contribution in [1.82, 2.24) is 9.78 Å². The minimum absolute atomic E-state index is 0.889. The van der Waals surface area contributed by atoms with Crippen LogP contribution < -0.4 is 5.73 Å². The summed E-state index contributed by atoms with van der Waals surface area (Å²) in [5.41, 5.74) is 8.01. The Morgan fingerprint density at radius 2 is 2.07 bits per heavy atom. The van der Waals surface area contributed by atoms with E-state index in [9.17, 15) is 0 Å². The van der Waals surface area contributed by atoms with E-state index in [4.69, 9.17) is 5.73 Å². The average molecular weight is 227 g/mol. The summed E-state index contributed by atoms with van der Waals surface area (Å²) in [4.78, 5) is 0. The minimum Gasteiger partial charge on any atom is -0.395 e. The molecule has 3 nitrogen and oxygen atoms in total. The molecule has 0 fully saturated rings. The van der Waals surface area contributed by atoms with E-state index in [0.717, 1.165) is 35.0 Å². The molecule has 0 aliphatic carbocycles. The van der Waals surface area contributed by atoms with Gasteiger partial charge >= 0.3 is 0 Å². The Bertz CT molecular complexity index is 307. The highest BCUT2D eigenvalue weighted by Gasteiger charge is 2.12. The highest BCUT2D eigenvalue weighted by atomic mass is 32.2. The van der Waals surface area contributed by atoms with Crippen LogP contribution in [0.1, 0.15) is 38.8 Å². The number of unbranched alkanes of at least 4 members (excludes halogenated alkanes) is 1. The minimum atomic E-state index is 0.889. The first-order valence-corrected chi connectivity index (χ1v) is 6.63. The third-order valence-corrected chi connectivity index (χ3v) is 3.58. The number of nitrogen functional groups attached to an aromatic ring is 1. The van der Waals surface area contributed by atoms with Crippen LogP contribution >= 0.6 is 11.8 Å². The van der Waals surface area contributed by atoms with Crippen molar-refractivity contribution >= 4 is 17.4 Å². The molecule has 86 valence electrons. The second kappa shape index (κ2) is 6.05. The van der Waals surface area contributed by atoms with Gasteiger partial charge in [0.05, 0.1) is 11.4 Å². The molecule has 0 aromatic carbocycles. The highest BCUT2D eigenvalue weighted by Crippen LogP contribution is 2.28. The van der Waals surface area contributed by atoms with Crippen LogP contribution in [0.4, 0.5) is 5.69 Å². The SMILES string of the molecule is CCCCSc1c(N)c(CCC)nn1C. The van der Waals surface area contributed by atoms with E-state index in [1.165, 1.54) is 12.8 Å². The summed E-state index contributed by atoms with van der Waals surface area (Å²) in [6.45, 7) is 4.35. The molecule has 1 rings (SSSR count). The summed E-state index contributed by atoms with van der Waals surface area (Å²) in [5, 5.41) is 5.58. The van der Waals surface area contributed by atoms with Gasteiger partial charge in [-0.2, -0.15) is 5.10 Å². The molecule has 1 aromatic rings. The molecule has 0 amide bonds. The zero-order valence-corrected chi connectivity index (χ0v) is 10.7. The Kier molecular flexibility index (Phi) is 5.02. The Morgan fingerprint density at radius 1 is 1.33 bits per heavy atom. The first kappa shape index (κ1) is 12.4. The van der Waals surface area contributed by atoms with Crippen molar-refractivity contribution in [3.63, 3.8) is 0 Å². The molecule has 0 bridgehead atoms. The smallest absolute Gasteiger partial charge is 0.117 e. The van der Waals surface area contributed by atoms with Crippen LogP contribution in [-0.2, 0) is 13.5 Å². The van der Waals surface area contributed by atoms with Crippen molar-refractivity contribution in [2.75, 3.05) is 11.5 Å². The monoisotopic (exact) mass is 227 g/mol. The van der Waals surface area contributed by atoms with Crippen molar-refractivity contribution < 1.29 is 0 Å². The molecule has 0 aliphatic heterocycles. The molecule has 4 heteroatoms. The number of nitrogens with two attached hydrogens (primary N) is 1. The normalized spacial score (nSPS) is 10.9. The van der Waals surface area contributed by atoms with Gasteiger partial charge in [-0.3, -0.25) is 4.68 Å². The summed E-state index contributed by atoms with van der Waals surface area (Å²) in [6.07, 6.45) is 4.54. The molecule has 0 atom stereocenters. The van der Waals surface area contributed by atoms with Crippen LogP contribution in [-0.4, -0.2) is 15.5 Å². The lowest BCUT2D eigenvalue weighted by molar-refractivity contribution is 0.681. The molecular formula is C11H21N3S. The molecule has 0 saturated heterocycles. The third-order valence-electron chi connectivity index (χ3n) is 2.33. The summed E-state index contributed by atoms with van der Waals surface area (Å²) < 4.78 is 1.92. The number of hydrogen-bond donors (Lipinski definition) is 1. The van der Waals surface area contributed by atoms with Crippen molar-refractivity contribution in [3.05, 3.63) is 5.69 Å². The fourth-order valence-corrected chi connectivity index (χ4v) is 2.61. The van der Waals surface area contributed by atoms with Crippen LogP contribution in [0.2, 0.25) is 0 Å². The lowest BCUT2D eigenvalue weighted by atomic mass is 10.2. The number of nitrogens with zero attached hydrogens (tertiary/aromatic N) is 2. The van der Waals surface area contributed by atoms with E-state index in [-0.39, 0.29) is 0 Å². The summed E-state index contributed by atoms with van der Waals surface area (Å²) in [6, 6.07) is 0. The van der Waals surface area contributed by atoms with Gasteiger partial charge in [0, 0.05) is 7.05 Å². The van der Waals surface area contributed by atoms with E-state index in [2.05, 4.69) is 18.9 Å². The topological polar surface area (TPSA) is 43.8 Å². The molecule has 0 aliphatic rings. The van der Waals surface area contributed by atoms with Gasteiger partial charge in [0.25, 0.3) is 0 Å². The summed E-state index contributed by atoms with van der Waals surface area (Å²) in [5.74, 6) is 1.13. The second-order valence-electron chi connectivity index (χ2n) is 3.74. The van der Waals surface area contributed by atoms with Gasteiger partial charge in [0.1, 0.15) is 5.03 Å². The second-order valence-corrected chi connectivity index (χ2v) is 4.82. The maximum Gasteiger partial charge on any atom is 0.117 e. The summed E-state index contributed by atoms with van der Waals surface area (Å²) in [7, 11) is 1.98. The maximum atomic E-state index is 6.07. The molecule has 0 saturated carbocycles. The van der Waals surface area contributed by atoms with Gasteiger partial charge in [0.2, 0.25) is 0 Å². The zero-order valence-electron chi connectivity index (χ0n) is 9.92. The van der Waals surface area contributed by atoms with Gasteiger partial charge in [-0.25, -0.2) is 0 Å². The Hall–Kier alpha value is -0.640. The number of aryl methyl sites for hydroxylation is 2. The van der Waals surface area contributed by atoms with E-state index >= 15 is 0 Å². The van der Waals surface area contributed by atoms with Crippen LogP contribution in [0.3, 0.4) is 0 Å². The Balaban J connectivity index is 2.69. The predicted octanol–water partition coefficient (Wildman–Crippen LogP) is 2.85. The standard InChI is InChI=1S/C11H21N3S/c1-4-6-8-15-11-10(12)9(7-5-2)13-14(11)3/h4-8,12H2,1-3H3. The van der Waals surface area contributed by atoms with Gasteiger partial charge in [-0.05, 0) is 18.6 Å². The largest absolute Gasteiger partial charge is 0.395 e. The van der Waals surface area contributed by atoms with E-state index in [1.807, 2.05) is 23.5 Å². The first-order chi connectivity index (χ1) is 7.20. The van der Waals surface area contributed by atoms with Crippen LogP contribution in [0.15, 0.2) is 5.03 Å². The van der Waals surface area contributed by atoms with E-state index < -0.39 is 0 Å². The van der Waals surface area contributed by atoms with E-state index in [1.54, 1.807) is 0 Å². The van der Waals surface area contributed by atoms with Gasteiger partial charge in [-0.15, -0.1) is 11.8 Å². The van der Waals surface area contributed by atoms with E-state index in [0.29, 0.717) is 0 Å². The zero-order chi connectivity index (χ0) is 11.3. The molecule has 0 spiro atoms. The molecule has 1 heterocycles.